The number of aliphatic carboxylic acids is 1. The Balaban J connectivity index is 2.55. The number of carboxylic acids is 1. The van der Waals surface area contributed by atoms with E-state index in [1.54, 1.807) is 19.2 Å². The van der Waals surface area contributed by atoms with Crippen LogP contribution in [0.3, 0.4) is 0 Å². The van der Waals surface area contributed by atoms with Gasteiger partial charge in [-0.15, -0.1) is 0 Å². The van der Waals surface area contributed by atoms with Crippen LogP contribution in [0.25, 0.3) is 0 Å². The number of carbonyl (C=O) groups excluding carboxylic acids is 1. The van der Waals surface area contributed by atoms with E-state index >= 15 is 0 Å². The number of ether oxygens (including phenoxy) is 3. The van der Waals surface area contributed by atoms with E-state index in [4.69, 9.17) is 30.9 Å². The van der Waals surface area contributed by atoms with Crippen molar-refractivity contribution in [3.63, 3.8) is 0 Å². The summed E-state index contributed by atoms with van der Waals surface area (Å²) >= 11 is 5.89. The van der Waals surface area contributed by atoms with E-state index in [0.717, 1.165) is 0 Å². The van der Waals surface area contributed by atoms with E-state index in [0.29, 0.717) is 29.5 Å². The minimum absolute atomic E-state index is 0.0957. The molecule has 0 aliphatic heterocycles. The standard InChI is InChI=1S/C14H18ClNO6/c1-20-6-7-22-12-3-2-10(15)8-11(12)14(19)16-4-5-21-9-13(17)18/h2-3,8H,4-7,9H2,1H3,(H,16,19)(H,17,18). The van der Waals surface area contributed by atoms with Crippen LogP contribution >= 0.6 is 11.6 Å². The number of halogens is 1. The topological polar surface area (TPSA) is 94.1 Å². The second-order valence-corrected chi connectivity index (χ2v) is 4.62. The smallest absolute Gasteiger partial charge is 0.329 e. The van der Waals surface area contributed by atoms with Gasteiger partial charge in [0.1, 0.15) is 19.0 Å². The quantitative estimate of drug-likeness (QED) is 0.626. The fourth-order valence-corrected chi connectivity index (χ4v) is 1.70. The van der Waals surface area contributed by atoms with Crippen LogP contribution in [0.15, 0.2) is 18.2 Å². The molecule has 8 heteroatoms. The van der Waals surface area contributed by atoms with Crippen LogP contribution in [0.2, 0.25) is 5.02 Å². The molecule has 0 radical (unpaired) electrons. The maximum atomic E-state index is 12.1. The fourth-order valence-electron chi connectivity index (χ4n) is 1.53. The van der Waals surface area contributed by atoms with Crippen molar-refractivity contribution in [1.29, 1.82) is 0 Å². The third-order valence-corrected chi connectivity index (χ3v) is 2.72. The van der Waals surface area contributed by atoms with Gasteiger partial charge in [0.25, 0.3) is 5.91 Å². The average molecular weight is 332 g/mol. The molecule has 7 nitrogen and oxygen atoms in total. The molecule has 1 aromatic rings. The largest absolute Gasteiger partial charge is 0.490 e. The highest BCUT2D eigenvalue weighted by atomic mass is 35.5. The third kappa shape index (κ3) is 6.75. The molecule has 0 unspecified atom stereocenters. The van der Waals surface area contributed by atoms with Crippen molar-refractivity contribution in [2.75, 3.05) is 40.1 Å². The third-order valence-electron chi connectivity index (χ3n) is 2.49. The van der Waals surface area contributed by atoms with Crippen LogP contribution in [-0.2, 0) is 14.3 Å². The van der Waals surface area contributed by atoms with Crippen molar-refractivity contribution in [3.8, 4) is 5.75 Å². The second-order valence-electron chi connectivity index (χ2n) is 4.18. The van der Waals surface area contributed by atoms with Crippen molar-refractivity contribution < 1.29 is 28.9 Å². The number of carbonyl (C=O) groups is 2. The molecule has 1 aromatic carbocycles. The molecule has 2 N–H and O–H groups in total. The molecule has 0 aliphatic carbocycles. The highest BCUT2D eigenvalue weighted by Crippen LogP contribution is 2.22. The number of amides is 1. The first kappa shape index (κ1) is 18.2. The van der Waals surface area contributed by atoms with E-state index in [2.05, 4.69) is 5.32 Å². The number of hydrogen-bond donors (Lipinski definition) is 2. The van der Waals surface area contributed by atoms with Crippen LogP contribution in [0.1, 0.15) is 10.4 Å². The first-order chi connectivity index (χ1) is 10.5. The Morgan fingerprint density at radius 2 is 2.05 bits per heavy atom. The number of rotatable bonds is 10. The maximum Gasteiger partial charge on any atom is 0.329 e. The summed E-state index contributed by atoms with van der Waals surface area (Å²) in [6.07, 6.45) is 0. The van der Waals surface area contributed by atoms with Gasteiger partial charge in [-0.25, -0.2) is 4.79 Å². The summed E-state index contributed by atoms with van der Waals surface area (Å²) in [4.78, 5) is 22.4. The summed E-state index contributed by atoms with van der Waals surface area (Å²) in [6, 6.07) is 4.72. The lowest BCUT2D eigenvalue weighted by Crippen LogP contribution is -2.28. The molecule has 0 spiro atoms. The van der Waals surface area contributed by atoms with Gasteiger partial charge in [0.2, 0.25) is 0 Å². The molecular weight excluding hydrogens is 314 g/mol. The zero-order valence-corrected chi connectivity index (χ0v) is 12.9. The summed E-state index contributed by atoms with van der Waals surface area (Å²) in [5.74, 6) is -1.05. The van der Waals surface area contributed by atoms with Gasteiger partial charge >= 0.3 is 5.97 Å². The van der Waals surface area contributed by atoms with Gasteiger partial charge in [-0.1, -0.05) is 11.6 Å². The first-order valence-corrected chi connectivity index (χ1v) is 6.91. The molecule has 1 rings (SSSR count). The maximum absolute atomic E-state index is 12.1. The normalized spacial score (nSPS) is 10.3. The molecule has 0 saturated heterocycles. The van der Waals surface area contributed by atoms with Crippen LogP contribution < -0.4 is 10.1 Å². The van der Waals surface area contributed by atoms with E-state index < -0.39 is 12.6 Å². The molecule has 0 bridgehead atoms. The van der Waals surface area contributed by atoms with Crippen molar-refractivity contribution in [2.45, 2.75) is 0 Å². The molecule has 0 atom stereocenters. The number of nitrogens with one attached hydrogen (secondary N) is 1. The zero-order chi connectivity index (χ0) is 16.4. The minimum atomic E-state index is -1.06. The highest BCUT2D eigenvalue weighted by molar-refractivity contribution is 6.31. The van der Waals surface area contributed by atoms with Crippen LogP contribution in [0, 0.1) is 0 Å². The average Bonchev–Trinajstić information content (AvgIpc) is 2.48. The summed E-state index contributed by atoms with van der Waals surface area (Å²) in [7, 11) is 1.55. The number of benzene rings is 1. The van der Waals surface area contributed by atoms with E-state index in [1.165, 1.54) is 6.07 Å². The molecular formula is C14H18ClNO6. The summed E-state index contributed by atoms with van der Waals surface area (Å²) in [5, 5.41) is 11.4. The van der Waals surface area contributed by atoms with E-state index in [1.807, 2.05) is 0 Å². The van der Waals surface area contributed by atoms with Crippen LogP contribution in [0.4, 0.5) is 0 Å². The molecule has 0 heterocycles. The SMILES string of the molecule is COCCOc1ccc(Cl)cc1C(=O)NCCOCC(=O)O. The fraction of sp³-hybridized carbons (Fsp3) is 0.429. The van der Waals surface area contributed by atoms with Crippen molar-refractivity contribution in [3.05, 3.63) is 28.8 Å². The Hall–Kier alpha value is -1.83. The minimum Gasteiger partial charge on any atom is -0.490 e. The van der Waals surface area contributed by atoms with Crippen molar-refractivity contribution >= 4 is 23.5 Å². The van der Waals surface area contributed by atoms with Gasteiger partial charge in [0, 0.05) is 18.7 Å². The predicted octanol–water partition coefficient (Wildman–Crippen LogP) is 1.20. The summed E-state index contributed by atoms with van der Waals surface area (Å²) in [6.45, 7) is 0.569. The Morgan fingerprint density at radius 3 is 2.73 bits per heavy atom. The van der Waals surface area contributed by atoms with Gasteiger partial charge < -0.3 is 24.6 Å². The first-order valence-electron chi connectivity index (χ1n) is 6.53. The number of methoxy groups -OCH3 is 1. The summed E-state index contributed by atoms with van der Waals surface area (Å²) in [5.41, 5.74) is 0.293. The van der Waals surface area contributed by atoms with Crippen molar-refractivity contribution in [2.24, 2.45) is 0 Å². The monoisotopic (exact) mass is 331 g/mol. The molecule has 122 valence electrons. The van der Waals surface area contributed by atoms with Gasteiger partial charge in [-0.05, 0) is 18.2 Å². The molecule has 1 amide bonds. The summed E-state index contributed by atoms with van der Waals surface area (Å²) < 4.78 is 15.2. The van der Waals surface area contributed by atoms with Crippen LogP contribution in [-0.4, -0.2) is 57.1 Å². The number of carboxylic acid groups (broad SMARTS) is 1. The van der Waals surface area contributed by atoms with Crippen LogP contribution in [0.5, 0.6) is 5.75 Å². The molecule has 0 aliphatic rings. The molecule has 0 aromatic heterocycles. The van der Waals surface area contributed by atoms with Crippen molar-refractivity contribution in [1.82, 2.24) is 5.32 Å². The van der Waals surface area contributed by atoms with E-state index in [-0.39, 0.29) is 19.1 Å². The van der Waals surface area contributed by atoms with Gasteiger partial charge in [0.15, 0.2) is 0 Å². The lowest BCUT2D eigenvalue weighted by atomic mass is 10.2. The van der Waals surface area contributed by atoms with Gasteiger partial charge in [-0.2, -0.15) is 0 Å². The molecule has 22 heavy (non-hydrogen) atoms. The Labute approximate surface area is 133 Å². The molecule has 0 fully saturated rings. The lowest BCUT2D eigenvalue weighted by molar-refractivity contribution is -0.142. The zero-order valence-electron chi connectivity index (χ0n) is 12.1. The number of hydrogen-bond acceptors (Lipinski definition) is 5. The Morgan fingerprint density at radius 1 is 1.27 bits per heavy atom. The second kappa shape index (κ2) is 9.99. The Bertz CT molecular complexity index is 508. The predicted molar refractivity (Wildman–Crippen MR) is 79.6 cm³/mol. The molecule has 0 saturated carbocycles. The van der Waals surface area contributed by atoms with E-state index in [9.17, 15) is 9.59 Å². The lowest BCUT2D eigenvalue weighted by Gasteiger charge is -2.12. The Kier molecular flexibility index (Phi) is 8.27. The van der Waals surface area contributed by atoms with Gasteiger partial charge in [0.05, 0.1) is 18.8 Å². The van der Waals surface area contributed by atoms with Gasteiger partial charge in [-0.3, -0.25) is 4.79 Å². The highest BCUT2D eigenvalue weighted by Gasteiger charge is 2.13.